The van der Waals surface area contributed by atoms with Gasteiger partial charge in [-0.2, -0.15) is 0 Å². The summed E-state index contributed by atoms with van der Waals surface area (Å²) in [4.78, 5) is 48.5. The van der Waals surface area contributed by atoms with E-state index in [0.29, 0.717) is 6.42 Å². The van der Waals surface area contributed by atoms with Gasteiger partial charge in [0.05, 0.1) is 26.1 Å². The fourth-order valence-corrected chi connectivity index (χ4v) is 3.13. The minimum atomic E-state index is -2.80. The predicted molar refractivity (Wildman–Crippen MR) is 126 cm³/mol. The summed E-state index contributed by atoms with van der Waals surface area (Å²) in [6.45, 7) is -0.663. The molecule has 0 aliphatic carbocycles. The van der Waals surface area contributed by atoms with Crippen molar-refractivity contribution in [2.45, 2.75) is 102 Å². The van der Waals surface area contributed by atoms with Crippen molar-refractivity contribution < 1.29 is 112 Å². The maximum atomic E-state index is 12.3. The van der Waals surface area contributed by atoms with Gasteiger partial charge in [-0.25, -0.2) is 4.79 Å². The van der Waals surface area contributed by atoms with Gasteiger partial charge in [-0.3, -0.25) is 14.4 Å². The van der Waals surface area contributed by atoms with E-state index in [0.717, 1.165) is 25.7 Å². The van der Waals surface area contributed by atoms with Crippen LogP contribution in [0.4, 0.5) is 0 Å². The van der Waals surface area contributed by atoms with E-state index < -0.39 is 81.0 Å². The number of hydrogen-bond donors (Lipinski definition) is 5. The Morgan fingerprint density at radius 3 is 1.70 bits per heavy atom. The third-order valence-electron chi connectivity index (χ3n) is 5.23. The zero-order valence-electron chi connectivity index (χ0n) is 23.1. The van der Waals surface area contributed by atoms with Gasteiger partial charge >= 0.3 is 75.3 Å². The summed E-state index contributed by atoms with van der Waals surface area (Å²) in [5, 5.41) is 46.8. The number of aliphatic hydroxyl groups excluding tert-OH is 4. The average Bonchev–Trinajstić information content (AvgIpc) is 2.84. The molecule has 5 N–H and O–H groups in total. The fraction of sp³-hybridized carbons (Fsp3) is 0.833. The number of ether oxygens (including phenoxy) is 3. The molecule has 37 heavy (non-hydrogen) atoms. The van der Waals surface area contributed by atoms with Crippen molar-refractivity contribution in [1.82, 2.24) is 0 Å². The largest absolute Gasteiger partial charge is 1.00 e. The van der Waals surface area contributed by atoms with Gasteiger partial charge in [-0.1, -0.05) is 58.3 Å². The average molecular weight is 563 g/mol. The number of aliphatic hydroxyl groups is 5. The van der Waals surface area contributed by atoms with E-state index in [4.69, 9.17) is 10.2 Å². The van der Waals surface area contributed by atoms with E-state index in [1.54, 1.807) is 0 Å². The molecule has 13 heteroatoms. The van der Waals surface area contributed by atoms with Crippen LogP contribution in [0.1, 0.15) is 85.4 Å². The molecule has 0 aromatic heterocycles. The first kappa shape index (κ1) is 38.7. The zero-order valence-corrected chi connectivity index (χ0v) is 25.2. The van der Waals surface area contributed by atoms with Crippen molar-refractivity contribution in [2.75, 3.05) is 26.4 Å². The molecule has 0 rings (SSSR count). The molecule has 0 bridgehead atoms. The molecule has 0 aromatic rings. The minimum absolute atomic E-state index is 0. The van der Waals surface area contributed by atoms with Gasteiger partial charge in [0.15, 0.2) is 5.60 Å². The summed E-state index contributed by atoms with van der Waals surface area (Å²) < 4.78 is 13.9. The molecule has 0 spiro atoms. The third kappa shape index (κ3) is 20.1. The van der Waals surface area contributed by atoms with E-state index in [1.165, 1.54) is 25.7 Å². The number of carbonyl (C=O) groups excluding carboxylic acids is 4. The quantitative estimate of drug-likeness (QED) is 0.0322. The smallest absolute Gasteiger partial charge is 1.00 e. The van der Waals surface area contributed by atoms with Gasteiger partial charge in [0.2, 0.25) is 0 Å². The first-order chi connectivity index (χ1) is 17.1. The Morgan fingerprint density at radius 1 is 0.730 bits per heavy atom. The zero-order chi connectivity index (χ0) is 27.4. The Morgan fingerprint density at radius 2 is 1.19 bits per heavy atom. The third-order valence-corrected chi connectivity index (χ3v) is 5.23. The first-order valence-corrected chi connectivity index (χ1v) is 12.4. The number of esters is 4. The van der Waals surface area contributed by atoms with Crippen LogP contribution < -0.4 is 51.4 Å². The molecule has 0 aromatic carbocycles. The molecule has 0 aliphatic heterocycles. The van der Waals surface area contributed by atoms with Crippen LogP contribution >= 0.6 is 0 Å². The van der Waals surface area contributed by atoms with Gasteiger partial charge in [-0.05, 0) is 6.42 Å². The fourth-order valence-electron chi connectivity index (χ4n) is 3.13. The topological polar surface area (TPSA) is 197 Å². The summed E-state index contributed by atoms with van der Waals surface area (Å²) in [6.07, 6.45) is 4.14. The van der Waals surface area contributed by atoms with Crippen molar-refractivity contribution in [3.8, 4) is 0 Å². The number of unbranched alkanes of at least 4 members (excludes halogenated alkanes) is 8. The Kier molecular flexibility index (Phi) is 24.5. The van der Waals surface area contributed by atoms with E-state index in [9.17, 15) is 34.5 Å². The van der Waals surface area contributed by atoms with Crippen LogP contribution in [-0.2, 0) is 33.4 Å². The van der Waals surface area contributed by atoms with Crippen molar-refractivity contribution in [3.63, 3.8) is 0 Å². The second-order valence-electron chi connectivity index (χ2n) is 8.76. The molecule has 212 valence electrons. The molecular formula is C24H43KO12. The molecule has 0 amide bonds. The Labute approximate surface area is 261 Å². The standard InChI is InChI=1S/C24H42O12.K.H/c1-2-3-4-5-6-7-8-9-10-11-20(29)36-22(31)13-24(33,23(32)35-17-19(28)15-26)12-21(30)34-16-18(27)14-25;;/h18-19,25-28,33H,2-17H2,1H3;;/q;+1;-1. The molecule has 3 atom stereocenters. The normalized spacial score (nSPS) is 14.0. The van der Waals surface area contributed by atoms with Gasteiger partial charge in [0, 0.05) is 6.42 Å². The summed E-state index contributed by atoms with van der Waals surface area (Å²) in [5.74, 6) is -4.82. The van der Waals surface area contributed by atoms with Crippen LogP contribution in [0.3, 0.4) is 0 Å². The van der Waals surface area contributed by atoms with Crippen molar-refractivity contribution in [2.24, 2.45) is 0 Å². The van der Waals surface area contributed by atoms with Crippen LogP contribution in [0.2, 0.25) is 0 Å². The van der Waals surface area contributed by atoms with E-state index in [2.05, 4.69) is 21.1 Å². The molecule has 3 unspecified atom stereocenters. The molecule has 0 aliphatic rings. The SMILES string of the molecule is CCCCCCCCCCCC(=O)OC(=O)CC(O)(CC(=O)OCC(O)CO)C(=O)OCC(O)CO.[H-].[K+]. The summed E-state index contributed by atoms with van der Waals surface area (Å²) in [6, 6.07) is 0. The van der Waals surface area contributed by atoms with Crippen LogP contribution in [0, 0.1) is 0 Å². The van der Waals surface area contributed by atoms with Gasteiger partial charge < -0.3 is 41.2 Å². The van der Waals surface area contributed by atoms with E-state index >= 15 is 0 Å². The van der Waals surface area contributed by atoms with Crippen molar-refractivity contribution in [3.05, 3.63) is 0 Å². The molecular weight excluding hydrogens is 519 g/mol. The second kappa shape index (κ2) is 23.4. The Hall–Kier alpha value is -0.484. The van der Waals surface area contributed by atoms with Gasteiger partial charge in [0.25, 0.3) is 0 Å². The molecule has 0 saturated carbocycles. The van der Waals surface area contributed by atoms with Gasteiger partial charge in [-0.15, -0.1) is 0 Å². The van der Waals surface area contributed by atoms with Crippen LogP contribution in [-0.4, -0.2) is 93.6 Å². The number of carbonyl (C=O) groups is 4. The van der Waals surface area contributed by atoms with Crippen LogP contribution in [0.15, 0.2) is 0 Å². The summed E-state index contributed by atoms with van der Waals surface area (Å²) >= 11 is 0. The molecule has 0 heterocycles. The number of hydrogen-bond acceptors (Lipinski definition) is 12. The van der Waals surface area contributed by atoms with E-state index in [-0.39, 0.29) is 59.2 Å². The predicted octanol–water partition coefficient (Wildman–Crippen LogP) is -2.60. The van der Waals surface area contributed by atoms with Crippen molar-refractivity contribution in [1.29, 1.82) is 0 Å². The van der Waals surface area contributed by atoms with Crippen LogP contribution in [0.25, 0.3) is 0 Å². The second-order valence-corrected chi connectivity index (χ2v) is 8.76. The summed E-state index contributed by atoms with van der Waals surface area (Å²) in [7, 11) is 0. The number of rotatable bonds is 21. The Balaban J connectivity index is -0.00000612. The molecule has 12 nitrogen and oxygen atoms in total. The summed E-state index contributed by atoms with van der Waals surface area (Å²) in [5.41, 5.74) is -2.80. The molecule has 0 radical (unpaired) electrons. The minimum Gasteiger partial charge on any atom is -1.00 e. The van der Waals surface area contributed by atoms with Crippen molar-refractivity contribution >= 4 is 23.9 Å². The van der Waals surface area contributed by atoms with Gasteiger partial charge in [0.1, 0.15) is 25.4 Å². The van der Waals surface area contributed by atoms with E-state index in [1.807, 2.05) is 0 Å². The maximum Gasteiger partial charge on any atom is 1.00 e. The molecule has 0 saturated heterocycles. The Bertz CT molecular complexity index is 666. The maximum absolute atomic E-state index is 12.3. The van der Waals surface area contributed by atoms with Crippen LogP contribution in [0.5, 0.6) is 0 Å². The first-order valence-electron chi connectivity index (χ1n) is 12.4. The molecule has 0 fully saturated rings. The monoisotopic (exact) mass is 562 g/mol.